The van der Waals surface area contributed by atoms with Crippen molar-refractivity contribution >= 4 is 0 Å². The first-order chi connectivity index (χ1) is 15.7. The third-order valence-corrected chi connectivity index (χ3v) is 7.48. The van der Waals surface area contributed by atoms with Gasteiger partial charge in [-0.05, 0) is 66.8 Å². The quantitative estimate of drug-likeness (QED) is 0.284. The number of hydrogen-bond donors (Lipinski definition) is 0. The summed E-state index contributed by atoms with van der Waals surface area (Å²) in [5.74, 6) is 1.65. The zero-order valence-electron chi connectivity index (χ0n) is 20.6. The summed E-state index contributed by atoms with van der Waals surface area (Å²) in [4.78, 5) is 4.54. The van der Waals surface area contributed by atoms with Crippen LogP contribution in [0, 0.1) is 17.7 Å². The molecule has 1 fully saturated rings. The summed E-state index contributed by atoms with van der Waals surface area (Å²) in [5.41, 5.74) is 3.74. The second-order valence-electron chi connectivity index (χ2n) is 10.1. The molecule has 2 heteroatoms. The van der Waals surface area contributed by atoms with Gasteiger partial charge < -0.3 is 0 Å². The van der Waals surface area contributed by atoms with Crippen LogP contribution >= 0.6 is 0 Å². The number of pyridine rings is 1. The lowest BCUT2D eigenvalue weighted by Crippen LogP contribution is -2.15. The monoisotopic (exact) mass is 437 g/mol. The smallest absolute Gasteiger partial charge is 0.132 e. The molecule has 176 valence electrons. The SMILES string of the molecule is CCCCCCC1CCC(CCc2ccc(-c3ccc(CCCCC)cn3)c(F)c2)CC1. The van der Waals surface area contributed by atoms with Crippen LogP contribution in [0.4, 0.5) is 4.39 Å². The fraction of sp³-hybridized carbons (Fsp3) is 0.633. The van der Waals surface area contributed by atoms with Gasteiger partial charge in [0.15, 0.2) is 0 Å². The van der Waals surface area contributed by atoms with Gasteiger partial charge in [-0.2, -0.15) is 0 Å². The lowest BCUT2D eigenvalue weighted by Gasteiger charge is -2.28. The summed E-state index contributed by atoms with van der Waals surface area (Å²) < 4.78 is 14.8. The molecule has 0 bridgehead atoms. The van der Waals surface area contributed by atoms with Crippen LogP contribution in [-0.2, 0) is 12.8 Å². The number of nitrogens with zero attached hydrogens (tertiary/aromatic N) is 1. The number of halogens is 1. The van der Waals surface area contributed by atoms with E-state index in [0.29, 0.717) is 5.56 Å². The van der Waals surface area contributed by atoms with E-state index in [1.54, 1.807) is 6.07 Å². The molecule has 1 aromatic carbocycles. The Balaban J connectivity index is 1.44. The highest BCUT2D eigenvalue weighted by atomic mass is 19.1. The summed E-state index contributed by atoms with van der Waals surface area (Å²) in [5, 5.41) is 0. The molecule has 0 saturated heterocycles. The maximum Gasteiger partial charge on any atom is 0.132 e. The van der Waals surface area contributed by atoms with Gasteiger partial charge in [0.2, 0.25) is 0 Å². The van der Waals surface area contributed by atoms with E-state index in [4.69, 9.17) is 0 Å². The van der Waals surface area contributed by atoms with Gasteiger partial charge in [-0.1, -0.05) is 96.6 Å². The van der Waals surface area contributed by atoms with E-state index in [0.717, 1.165) is 35.9 Å². The van der Waals surface area contributed by atoms with Crippen molar-refractivity contribution in [1.82, 2.24) is 4.98 Å². The average Bonchev–Trinajstić information content (AvgIpc) is 2.82. The summed E-state index contributed by atoms with van der Waals surface area (Å²) in [7, 11) is 0. The fourth-order valence-electron chi connectivity index (χ4n) is 5.27. The lowest BCUT2D eigenvalue weighted by atomic mass is 9.77. The molecule has 0 radical (unpaired) electrons. The van der Waals surface area contributed by atoms with Crippen LogP contribution in [0.5, 0.6) is 0 Å². The Morgan fingerprint density at radius 1 is 0.750 bits per heavy atom. The first-order valence-corrected chi connectivity index (χ1v) is 13.4. The number of benzene rings is 1. The van der Waals surface area contributed by atoms with Gasteiger partial charge in [0.05, 0.1) is 5.69 Å². The zero-order valence-corrected chi connectivity index (χ0v) is 20.6. The van der Waals surface area contributed by atoms with Crippen LogP contribution in [-0.4, -0.2) is 4.98 Å². The van der Waals surface area contributed by atoms with Crippen molar-refractivity contribution in [1.29, 1.82) is 0 Å². The summed E-state index contributed by atoms with van der Waals surface area (Å²) in [6.45, 7) is 4.50. The van der Waals surface area contributed by atoms with E-state index in [2.05, 4.69) is 31.0 Å². The molecule has 1 aliphatic rings. The Morgan fingerprint density at radius 2 is 1.44 bits per heavy atom. The van der Waals surface area contributed by atoms with Gasteiger partial charge >= 0.3 is 0 Å². The number of aromatic nitrogens is 1. The lowest BCUT2D eigenvalue weighted by molar-refractivity contribution is 0.249. The van der Waals surface area contributed by atoms with Gasteiger partial charge in [0.1, 0.15) is 5.82 Å². The minimum atomic E-state index is -0.135. The molecule has 1 heterocycles. The number of hydrogen-bond acceptors (Lipinski definition) is 1. The van der Waals surface area contributed by atoms with E-state index >= 15 is 0 Å². The third kappa shape index (κ3) is 8.01. The van der Waals surface area contributed by atoms with Crippen LogP contribution in [0.3, 0.4) is 0 Å². The van der Waals surface area contributed by atoms with Crippen LogP contribution in [0.15, 0.2) is 36.5 Å². The minimum absolute atomic E-state index is 0.135. The Kier molecular flexibility index (Phi) is 10.7. The van der Waals surface area contributed by atoms with Crippen molar-refractivity contribution < 1.29 is 4.39 Å². The fourth-order valence-corrected chi connectivity index (χ4v) is 5.27. The standard InChI is InChI=1S/C30H44FN/c1-3-5-7-9-10-24-12-14-25(15-13-24)16-17-26-18-20-28(29(31)22-26)30-21-19-27(23-32-30)11-8-6-4-2/h18-25H,3-17H2,1-2H3. The van der Waals surface area contributed by atoms with Crippen molar-refractivity contribution in [3.63, 3.8) is 0 Å². The van der Waals surface area contributed by atoms with Crippen LogP contribution in [0.2, 0.25) is 0 Å². The number of aryl methyl sites for hydroxylation is 2. The second kappa shape index (κ2) is 13.8. The molecule has 0 amide bonds. The molecule has 0 atom stereocenters. The van der Waals surface area contributed by atoms with E-state index in [1.807, 2.05) is 18.3 Å². The molecule has 0 N–H and O–H groups in total. The first kappa shape index (κ1) is 24.9. The Bertz CT molecular complexity index is 774. The summed E-state index contributed by atoms with van der Waals surface area (Å²) >= 11 is 0. The predicted octanol–water partition coefficient (Wildman–Crippen LogP) is 9.33. The third-order valence-electron chi connectivity index (χ3n) is 7.48. The predicted molar refractivity (Wildman–Crippen MR) is 135 cm³/mol. The van der Waals surface area contributed by atoms with E-state index in [-0.39, 0.29) is 5.82 Å². The molecule has 32 heavy (non-hydrogen) atoms. The highest BCUT2D eigenvalue weighted by Gasteiger charge is 2.20. The van der Waals surface area contributed by atoms with Gasteiger partial charge in [0.25, 0.3) is 0 Å². The number of rotatable bonds is 13. The van der Waals surface area contributed by atoms with Gasteiger partial charge in [-0.25, -0.2) is 4.39 Å². The molecular formula is C30H44FN. The van der Waals surface area contributed by atoms with Crippen LogP contribution in [0.1, 0.15) is 108 Å². The van der Waals surface area contributed by atoms with Crippen molar-refractivity contribution in [2.75, 3.05) is 0 Å². The second-order valence-corrected chi connectivity index (χ2v) is 10.1. The zero-order chi connectivity index (χ0) is 22.6. The van der Waals surface area contributed by atoms with E-state index in [9.17, 15) is 4.39 Å². The normalized spacial score (nSPS) is 18.7. The molecule has 1 aromatic heterocycles. The maximum absolute atomic E-state index is 14.8. The van der Waals surface area contributed by atoms with Crippen LogP contribution in [0.25, 0.3) is 11.3 Å². The number of unbranched alkanes of at least 4 members (excludes halogenated alkanes) is 5. The van der Waals surface area contributed by atoms with Crippen molar-refractivity contribution in [2.45, 2.75) is 110 Å². The highest BCUT2D eigenvalue weighted by Crippen LogP contribution is 2.34. The molecule has 2 aromatic rings. The molecule has 0 aliphatic heterocycles. The maximum atomic E-state index is 14.8. The topological polar surface area (TPSA) is 12.9 Å². The van der Waals surface area contributed by atoms with Crippen molar-refractivity contribution in [3.8, 4) is 11.3 Å². The highest BCUT2D eigenvalue weighted by molar-refractivity contribution is 5.60. The Morgan fingerprint density at radius 3 is 2.09 bits per heavy atom. The molecule has 0 unspecified atom stereocenters. The molecule has 0 spiro atoms. The Labute approximate surface area is 196 Å². The molecule has 1 saturated carbocycles. The largest absolute Gasteiger partial charge is 0.256 e. The Hall–Kier alpha value is -1.70. The van der Waals surface area contributed by atoms with E-state index in [1.165, 1.54) is 89.0 Å². The minimum Gasteiger partial charge on any atom is -0.256 e. The first-order valence-electron chi connectivity index (χ1n) is 13.4. The van der Waals surface area contributed by atoms with Crippen molar-refractivity contribution in [2.24, 2.45) is 11.8 Å². The average molecular weight is 438 g/mol. The molecule has 3 rings (SSSR count). The summed E-state index contributed by atoms with van der Waals surface area (Å²) in [6, 6.07) is 9.85. The van der Waals surface area contributed by atoms with Crippen LogP contribution < -0.4 is 0 Å². The van der Waals surface area contributed by atoms with Gasteiger partial charge in [-0.3, -0.25) is 4.98 Å². The van der Waals surface area contributed by atoms with Crippen molar-refractivity contribution in [3.05, 3.63) is 53.5 Å². The van der Waals surface area contributed by atoms with Gasteiger partial charge in [-0.15, -0.1) is 0 Å². The molecular weight excluding hydrogens is 393 g/mol. The molecule has 1 aliphatic carbocycles. The van der Waals surface area contributed by atoms with E-state index < -0.39 is 0 Å². The summed E-state index contributed by atoms with van der Waals surface area (Å²) in [6.07, 6.45) is 21.4. The molecule has 1 nitrogen and oxygen atoms in total. The van der Waals surface area contributed by atoms with Gasteiger partial charge in [0, 0.05) is 11.8 Å².